The molecule has 1 aliphatic rings. The Bertz CT molecular complexity index is 462. The average Bonchev–Trinajstić information content (AvgIpc) is 2.42. The van der Waals surface area contributed by atoms with Gasteiger partial charge in [-0.3, -0.25) is 0 Å². The van der Waals surface area contributed by atoms with Crippen LogP contribution in [-0.2, 0) is 4.74 Å². The maximum Gasteiger partial charge on any atom is 0.409 e. The molecule has 19 heavy (non-hydrogen) atoms. The van der Waals surface area contributed by atoms with E-state index in [-0.39, 0.29) is 11.1 Å². The quantitative estimate of drug-likeness (QED) is 0.838. The van der Waals surface area contributed by atoms with Crippen molar-refractivity contribution in [1.82, 2.24) is 4.90 Å². The Morgan fingerprint density at radius 1 is 1.37 bits per heavy atom. The number of benzene rings is 1. The first kappa shape index (κ1) is 13.9. The molecule has 0 aromatic heterocycles. The summed E-state index contributed by atoms with van der Waals surface area (Å²) in [4.78, 5) is 15.3. The van der Waals surface area contributed by atoms with Crippen LogP contribution in [-0.4, -0.2) is 43.8 Å². The molecule has 0 bridgehead atoms. The van der Waals surface area contributed by atoms with E-state index in [0.717, 1.165) is 5.69 Å². The Balaban J connectivity index is 1.96. The molecule has 104 valence electrons. The molecule has 1 aromatic carbocycles. The van der Waals surface area contributed by atoms with Crippen LogP contribution in [0.1, 0.15) is 6.92 Å². The first-order valence-electron chi connectivity index (χ1n) is 6.23. The lowest BCUT2D eigenvalue weighted by molar-refractivity contribution is 0.105. The zero-order chi connectivity index (χ0) is 13.8. The largest absolute Gasteiger partial charge is 0.450 e. The number of hydrogen-bond donors (Lipinski definition) is 0. The van der Waals surface area contributed by atoms with Gasteiger partial charge in [-0.2, -0.15) is 0 Å². The average molecular weight is 287 g/mol. The Morgan fingerprint density at radius 3 is 2.63 bits per heavy atom. The SMILES string of the molecule is CCOC(=O)N1CCN(c2ccc(F)c(Cl)c2)CC1. The summed E-state index contributed by atoms with van der Waals surface area (Å²) in [6.07, 6.45) is -0.278. The molecule has 1 heterocycles. The Morgan fingerprint density at radius 2 is 2.05 bits per heavy atom. The summed E-state index contributed by atoms with van der Waals surface area (Å²) in [6.45, 7) is 4.71. The summed E-state index contributed by atoms with van der Waals surface area (Å²) >= 11 is 5.77. The minimum absolute atomic E-state index is 0.116. The Labute approximate surface area is 116 Å². The van der Waals surface area contributed by atoms with Gasteiger partial charge in [0.05, 0.1) is 11.6 Å². The molecule has 4 nitrogen and oxygen atoms in total. The predicted molar refractivity (Wildman–Crippen MR) is 72.2 cm³/mol. The lowest BCUT2D eigenvalue weighted by Crippen LogP contribution is -2.49. The maximum atomic E-state index is 13.1. The van der Waals surface area contributed by atoms with Gasteiger partial charge in [-0.15, -0.1) is 0 Å². The van der Waals surface area contributed by atoms with Crippen molar-refractivity contribution < 1.29 is 13.9 Å². The molecule has 1 aromatic rings. The topological polar surface area (TPSA) is 32.8 Å². The third kappa shape index (κ3) is 3.29. The minimum Gasteiger partial charge on any atom is -0.450 e. The van der Waals surface area contributed by atoms with Gasteiger partial charge in [-0.05, 0) is 25.1 Å². The number of carbonyl (C=O) groups is 1. The normalized spacial score (nSPS) is 15.5. The van der Waals surface area contributed by atoms with E-state index >= 15 is 0 Å². The Kier molecular flexibility index (Phi) is 4.47. The second kappa shape index (κ2) is 6.10. The minimum atomic E-state index is -0.421. The third-order valence-corrected chi connectivity index (χ3v) is 3.36. The number of piperazine rings is 1. The van der Waals surface area contributed by atoms with Crippen molar-refractivity contribution in [3.05, 3.63) is 29.0 Å². The van der Waals surface area contributed by atoms with Crippen LogP contribution >= 0.6 is 11.6 Å². The molecule has 1 amide bonds. The van der Waals surface area contributed by atoms with Gasteiger partial charge in [0.25, 0.3) is 0 Å². The molecule has 0 aliphatic carbocycles. The van der Waals surface area contributed by atoms with Crippen molar-refractivity contribution in [3.8, 4) is 0 Å². The van der Waals surface area contributed by atoms with Gasteiger partial charge in [0.2, 0.25) is 0 Å². The summed E-state index contributed by atoms with van der Waals surface area (Å²) in [5.41, 5.74) is 0.870. The van der Waals surface area contributed by atoms with Crippen molar-refractivity contribution in [2.75, 3.05) is 37.7 Å². The monoisotopic (exact) mass is 286 g/mol. The fourth-order valence-corrected chi connectivity index (χ4v) is 2.22. The van der Waals surface area contributed by atoms with E-state index in [1.165, 1.54) is 6.07 Å². The number of rotatable bonds is 2. The molecule has 0 radical (unpaired) electrons. The highest BCUT2D eigenvalue weighted by atomic mass is 35.5. The molecule has 0 unspecified atom stereocenters. The van der Waals surface area contributed by atoms with Crippen molar-refractivity contribution in [3.63, 3.8) is 0 Å². The second-order valence-electron chi connectivity index (χ2n) is 4.27. The molecule has 0 atom stereocenters. The highest BCUT2D eigenvalue weighted by molar-refractivity contribution is 6.31. The number of carbonyl (C=O) groups excluding carboxylic acids is 1. The molecule has 6 heteroatoms. The highest BCUT2D eigenvalue weighted by Gasteiger charge is 2.22. The van der Waals surface area contributed by atoms with Gasteiger partial charge in [0.1, 0.15) is 5.82 Å². The van der Waals surface area contributed by atoms with Crippen molar-refractivity contribution in [2.45, 2.75) is 6.92 Å². The van der Waals surface area contributed by atoms with Crippen LogP contribution < -0.4 is 4.90 Å². The molecule has 1 saturated heterocycles. The number of hydrogen-bond acceptors (Lipinski definition) is 3. The standard InChI is InChI=1S/C13H16ClFN2O2/c1-2-19-13(18)17-7-5-16(6-8-17)10-3-4-12(15)11(14)9-10/h3-4,9H,2,5-8H2,1H3. The van der Waals surface area contributed by atoms with E-state index in [1.807, 2.05) is 0 Å². The van der Waals surface area contributed by atoms with Crippen LogP contribution in [0.5, 0.6) is 0 Å². The molecular weight excluding hydrogens is 271 g/mol. The second-order valence-corrected chi connectivity index (χ2v) is 4.68. The lowest BCUT2D eigenvalue weighted by Gasteiger charge is -2.35. The van der Waals surface area contributed by atoms with Gasteiger partial charge < -0.3 is 14.5 Å². The molecule has 0 spiro atoms. The van der Waals surface area contributed by atoms with Gasteiger partial charge in [-0.1, -0.05) is 11.6 Å². The van der Waals surface area contributed by atoms with Crippen LogP contribution in [0.4, 0.5) is 14.9 Å². The first-order chi connectivity index (χ1) is 9.11. The van der Waals surface area contributed by atoms with Gasteiger partial charge in [-0.25, -0.2) is 9.18 Å². The number of anilines is 1. The number of nitrogens with zero attached hydrogens (tertiary/aromatic N) is 2. The Hall–Kier alpha value is -1.49. The number of halogens is 2. The van der Waals surface area contributed by atoms with Crippen molar-refractivity contribution >= 4 is 23.4 Å². The molecule has 1 fully saturated rings. The summed E-state index contributed by atoms with van der Waals surface area (Å²) in [6, 6.07) is 4.66. The summed E-state index contributed by atoms with van der Waals surface area (Å²) in [7, 11) is 0. The summed E-state index contributed by atoms with van der Waals surface area (Å²) in [5.74, 6) is -0.421. The van der Waals surface area contributed by atoms with Gasteiger partial charge in [0.15, 0.2) is 0 Å². The zero-order valence-electron chi connectivity index (χ0n) is 10.7. The van der Waals surface area contributed by atoms with Crippen molar-refractivity contribution in [1.29, 1.82) is 0 Å². The zero-order valence-corrected chi connectivity index (χ0v) is 11.5. The van der Waals surface area contributed by atoms with E-state index in [4.69, 9.17) is 16.3 Å². The maximum absolute atomic E-state index is 13.1. The van der Waals surface area contributed by atoms with Gasteiger partial charge >= 0.3 is 6.09 Å². The van der Waals surface area contributed by atoms with Crippen LogP contribution in [0.25, 0.3) is 0 Å². The fourth-order valence-electron chi connectivity index (χ4n) is 2.04. The summed E-state index contributed by atoms with van der Waals surface area (Å²) in [5, 5.41) is 0.116. The molecule has 0 saturated carbocycles. The number of ether oxygens (including phenoxy) is 1. The smallest absolute Gasteiger partial charge is 0.409 e. The molecule has 1 aliphatic heterocycles. The lowest BCUT2D eigenvalue weighted by atomic mass is 10.2. The first-order valence-corrected chi connectivity index (χ1v) is 6.61. The van der Waals surface area contributed by atoms with Crippen LogP contribution in [0.2, 0.25) is 5.02 Å². The van der Waals surface area contributed by atoms with Crippen LogP contribution in [0.15, 0.2) is 18.2 Å². The van der Waals surface area contributed by atoms with Crippen molar-refractivity contribution in [2.24, 2.45) is 0 Å². The van der Waals surface area contributed by atoms with Crippen LogP contribution in [0.3, 0.4) is 0 Å². The predicted octanol–water partition coefficient (Wildman–Crippen LogP) is 2.76. The van der Waals surface area contributed by atoms with E-state index in [0.29, 0.717) is 32.8 Å². The molecule has 0 N–H and O–H groups in total. The highest BCUT2D eigenvalue weighted by Crippen LogP contribution is 2.23. The number of amides is 1. The van der Waals surface area contributed by atoms with Gasteiger partial charge in [0, 0.05) is 31.9 Å². The fraction of sp³-hybridized carbons (Fsp3) is 0.462. The van der Waals surface area contributed by atoms with Crippen LogP contribution in [0, 0.1) is 5.82 Å². The van der Waals surface area contributed by atoms with E-state index in [2.05, 4.69) is 4.90 Å². The van der Waals surface area contributed by atoms with E-state index in [9.17, 15) is 9.18 Å². The summed E-state index contributed by atoms with van der Waals surface area (Å²) < 4.78 is 18.1. The molecule has 2 rings (SSSR count). The van der Waals surface area contributed by atoms with E-state index < -0.39 is 5.82 Å². The third-order valence-electron chi connectivity index (χ3n) is 3.07. The van der Waals surface area contributed by atoms with E-state index in [1.54, 1.807) is 24.0 Å². The molecular formula is C13H16ClFN2O2.